The maximum Gasteiger partial charge on any atom is 0.156 e. The highest BCUT2D eigenvalue weighted by Crippen LogP contribution is 2.37. The van der Waals surface area contributed by atoms with Crippen LogP contribution >= 0.6 is 0 Å². The molecule has 0 aliphatic carbocycles. The largest absolute Gasteiger partial charge is 0.489 e. The van der Waals surface area contributed by atoms with Crippen molar-refractivity contribution in [3.63, 3.8) is 0 Å². The van der Waals surface area contributed by atoms with Crippen LogP contribution in [0.4, 0.5) is 15.9 Å². The van der Waals surface area contributed by atoms with E-state index in [4.69, 9.17) is 12.6 Å². The van der Waals surface area contributed by atoms with E-state index in [1.165, 1.54) is 6.33 Å². The molecule has 188 valence electrons. The Labute approximate surface area is 216 Å². The average molecular weight is 497 g/mol. The summed E-state index contributed by atoms with van der Waals surface area (Å²) < 4.78 is 23.3. The minimum Gasteiger partial charge on any atom is -0.489 e. The van der Waals surface area contributed by atoms with Gasteiger partial charge in [0.15, 0.2) is 5.82 Å². The van der Waals surface area contributed by atoms with Crippen LogP contribution in [-0.2, 0) is 7.05 Å². The predicted molar refractivity (Wildman–Crippen MR) is 147 cm³/mol. The van der Waals surface area contributed by atoms with Crippen molar-refractivity contribution in [1.82, 2.24) is 29.6 Å². The molecular formula is C27H29BFN7O. The summed E-state index contributed by atoms with van der Waals surface area (Å²) in [5.41, 5.74) is 3.60. The molecule has 0 saturated heterocycles. The van der Waals surface area contributed by atoms with Crippen molar-refractivity contribution >= 4 is 46.8 Å². The number of hydrogen-bond donors (Lipinski definition) is 1. The molecule has 0 amide bonds. The molecule has 2 aromatic carbocycles. The Kier molecular flexibility index (Phi) is 7.40. The number of aryl methyl sites for hydroxylation is 1. The van der Waals surface area contributed by atoms with Crippen LogP contribution in [0, 0.1) is 5.82 Å². The first kappa shape index (κ1) is 26.0. The Hall–Kier alpha value is -4.05. The third-order valence-corrected chi connectivity index (χ3v) is 5.92. The van der Waals surface area contributed by atoms with E-state index in [0.717, 1.165) is 11.1 Å². The van der Waals surface area contributed by atoms with Crippen LogP contribution in [0.5, 0.6) is 5.75 Å². The molecule has 0 aliphatic rings. The SMILES string of the molecule is C.[B]c1c(-c2cc(OC(C)CN(C)C)c3c(Nc4ccc5ncccc5c4F)ncnc3c2)cnn1C. The topological polar surface area (TPSA) is 81.0 Å². The standard InChI is InChI=1S/C26H25BFN7O.CH4/c1-15(13-34(2)3)36-22-11-16(18-12-32-35(4)25(18)27)10-21-23(22)26(31-14-30-21)33-20-8-7-19-17(24(20)28)6-5-9-29-19;/h5-12,14-15H,13H2,1-4H3,(H,30,31,33);1H4. The number of halogens is 1. The van der Waals surface area contributed by atoms with E-state index in [1.807, 2.05) is 38.1 Å². The molecule has 10 heteroatoms. The average Bonchev–Trinajstić information content (AvgIpc) is 3.18. The molecule has 37 heavy (non-hydrogen) atoms. The Morgan fingerprint density at radius 2 is 1.95 bits per heavy atom. The van der Waals surface area contributed by atoms with Gasteiger partial charge in [0.2, 0.25) is 0 Å². The summed E-state index contributed by atoms with van der Waals surface area (Å²) in [7, 11) is 12.0. The molecule has 1 unspecified atom stereocenters. The van der Waals surface area contributed by atoms with Crippen LogP contribution in [0.2, 0.25) is 0 Å². The highest BCUT2D eigenvalue weighted by molar-refractivity contribution is 6.34. The second-order valence-electron chi connectivity index (χ2n) is 8.97. The summed E-state index contributed by atoms with van der Waals surface area (Å²) in [6.45, 7) is 2.69. The Balaban J connectivity index is 0.00000320. The van der Waals surface area contributed by atoms with Gasteiger partial charge in [0, 0.05) is 30.7 Å². The molecule has 8 nitrogen and oxygen atoms in total. The highest BCUT2D eigenvalue weighted by Gasteiger charge is 2.19. The molecule has 0 spiro atoms. The number of ether oxygens (including phenoxy) is 1. The van der Waals surface area contributed by atoms with Crippen molar-refractivity contribution in [2.75, 3.05) is 26.0 Å². The highest BCUT2D eigenvalue weighted by atomic mass is 19.1. The first-order chi connectivity index (χ1) is 17.3. The number of nitrogens with one attached hydrogen (secondary N) is 1. The minimum atomic E-state index is -0.407. The zero-order valence-corrected chi connectivity index (χ0v) is 20.5. The van der Waals surface area contributed by atoms with Crippen LogP contribution in [0.3, 0.4) is 0 Å². The molecule has 1 N–H and O–H groups in total. The van der Waals surface area contributed by atoms with Gasteiger partial charge in [0.1, 0.15) is 31.8 Å². The van der Waals surface area contributed by atoms with Crippen LogP contribution in [-0.4, -0.2) is 64.2 Å². The van der Waals surface area contributed by atoms with Crippen LogP contribution in [0.25, 0.3) is 32.9 Å². The summed E-state index contributed by atoms with van der Waals surface area (Å²) >= 11 is 0. The number of fused-ring (bicyclic) bond motifs is 2. The number of anilines is 2. The second-order valence-corrected chi connectivity index (χ2v) is 8.97. The van der Waals surface area contributed by atoms with Gasteiger partial charge in [-0.15, -0.1) is 0 Å². The fourth-order valence-electron chi connectivity index (χ4n) is 4.28. The van der Waals surface area contributed by atoms with E-state index in [2.05, 4.69) is 25.4 Å². The summed E-state index contributed by atoms with van der Waals surface area (Å²) in [5, 5.41) is 8.48. The zero-order valence-electron chi connectivity index (χ0n) is 20.5. The van der Waals surface area contributed by atoms with Gasteiger partial charge in [-0.1, -0.05) is 7.43 Å². The quantitative estimate of drug-likeness (QED) is 0.337. The van der Waals surface area contributed by atoms with Crippen molar-refractivity contribution < 1.29 is 9.13 Å². The molecule has 3 heterocycles. The zero-order chi connectivity index (χ0) is 25.4. The molecule has 0 bridgehead atoms. The summed E-state index contributed by atoms with van der Waals surface area (Å²) in [5.74, 6) is 0.585. The molecule has 0 aliphatic heterocycles. The van der Waals surface area contributed by atoms with Crippen molar-refractivity contribution in [3.8, 4) is 16.9 Å². The maximum atomic E-state index is 15.3. The van der Waals surface area contributed by atoms with Crippen molar-refractivity contribution in [2.45, 2.75) is 20.5 Å². The van der Waals surface area contributed by atoms with E-state index in [-0.39, 0.29) is 19.2 Å². The van der Waals surface area contributed by atoms with Crippen LogP contribution in [0.1, 0.15) is 14.4 Å². The molecule has 1 atom stereocenters. The van der Waals surface area contributed by atoms with Gasteiger partial charge in [-0.2, -0.15) is 5.10 Å². The Morgan fingerprint density at radius 1 is 1.14 bits per heavy atom. The molecule has 3 aromatic heterocycles. The van der Waals surface area contributed by atoms with E-state index < -0.39 is 5.82 Å². The van der Waals surface area contributed by atoms with Crippen LogP contribution in [0.15, 0.2) is 55.1 Å². The van der Waals surface area contributed by atoms with Crippen molar-refractivity contribution in [3.05, 3.63) is 60.9 Å². The van der Waals surface area contributed by atoms with Crippen molar-refractivity contribution in [1.29, 1.82) is 0 Å². The van der Waals surface area contributed by atoms with Gasteiger partial charge < -0.3 is 15.0 Å². The molecule has 0 saturated carbocycles. The number of pyridine rings is 1. The van der Waals surface area contributed by atoms with Gasteiger partial charge in [-0.3, -0.25) is 9.67 Å². The second kappa shape index (κ2) is 10.5. The lowest BCUT2D eigenvalue weighted by Gasteiger charge is -2.21. The van der Waals surface area contributed by atoms with E-state index >= 15 is 4.39 Å². The molecule has 2 radical (unpaired) electrons. The first-order valence-electron chi connectivity index (χ1n) is 11.5. The minimum absolute atomic E-state index is 0. The van der Waals surface area contributed by atoms with Crippen molar-refractivity contribution in [2.24, 2.45) is 7.05 Å². The van der Waals surface area contributed by atoms with E-state index in [1.54, 1.807) is 48.4 Å². The maximum absolute atomic E-state index is 15.3. The lowest BCUT2D eigenvalue weighted by molar-refractivity contribution is 0.179. The monoisotopic (exact) mass is 497 g/mol. The van der Waals surface area contributed by atoms with Gasteiger partial charge in [-0.25, -0.2) is 14.4 Å². The fraction of sp³-hybridized carbons (Fsp3) is 0.259. The number of benzene rings is 2. The Bertz CT molecular complexity index is 1570. The summed E-state index contributed by atoms with van der Waals surface area (Å²) in [4.78, 5) is 15.2. The molecular weight excluding hydrogens is 468 g/mol. The normalized spacial score (nSPS) is 12.1. The number of aromatic nitrogens is 5. The first-order valence-corrected chi connectivity index (χ1v) is 11.5. The van der Waals surface area contributed by atoms with E-state index in [9.17, 15) is 0 Å². The smallest absolute Gasteiger partial charge is 0.156 e. The lowest BCUT2D eigenvalue weighted by atomic mass is 9.94. The fourth-order valence-corrected chi connectivity index (χ4v) is 4.28. The molecule has 5 aromatic rings. The predicted octanol–water partition coefficient (Wildman–Crippen LogP) is 4.22. The third kappa shape index (κ3) is 5.10. The summed E-state index contributed by atoms with van der Waals surface area (Å²) in [6, 6.07) is 10.6. The third-order valence-electron chi connectivity index (χ3n) is 5.92. The van der Waals surface area contributed by atoms with Gasteiger partial charge >= 0.3 is 0 Å². The van der Waals surface area contributed by atoms with E-state index in [0.29, 0.717) is 45.5 Å². The number of rotatable bonds is 7. The van der Waals surface area contributed by atoms with Gasteiger partial charge in [0.25, 0.3) is 0 Å². The van der Waals surface area contributed by atoms with Gasteiger partial charge in [0.05, 0.1) is 28.3 Å². The van der Waals surface area contributed by atoms with Gasteiger partial charge in [-0.05, 0) is 68.6 Å². The molecule has 0 fully saturated rings. The number of hydrogen-bond acceptors (Lipinski definition) is 7. The summed E-state index contributed by atoms with van der Waals surface area (Å²) in [6.07, 6.45) is 4.65. The number of likely N-dealkylation sites (N-methyl/N-ethyl adjacent to an activating group) is 1. The van der Waals surface area contributed by atoms with Crippen LogP contribution < -0.4 is 15.6 Å². The lowest BCUT2D eigenvalue weighted by Crippen LogP contribution is -2.28. The number of nitrogens with zero attached hydrogens (tertiary/aromatic N) is 6. The Morgan fingerprint density at radius 3 is 2.68 bits per heavy atom. The molecule has 5 rings (SSSR count).